The minimum absolute atomic E-state index is 0.189. The summed E-state index contributed by atoms with van der Waals surface area (Å²) in [6.45, 7) is 3.34. The van der Waals surface area contributed by atoms with Crippen molar-refractivity contribution in [2.24, 2.45) is 0 Å². The van der Waals surface area contributed by atoms with Crippen molar-refractivity contribution in [1.29, 1.82) is 0 Å². The van der Waals surface area contributed by atoms with Gasteiger partial charge in [-0.1, -0.05) is 30.8 Å². The summed E-state index contributed by atoms with van der Waals surface area (Å²) in [5.74, 6) is -4.38. The average Bonchev–Trinajstić information content (AvgIpc) is 2.52. The molecule has 0 bridgehead atoms. The van der Waals surface area contributed by atoms with Gasteiger partial charge < -0.3 is 0 Å². The molecule has 0 N–H and O–H groups in total. The van der Waals surface area contributed by atoms with Gasteiger partial charge in [0.05, 0.1) is 9.80 Å². The maximum absolute atomic E-state index is 12.9. The predicted molar refractivity (Wildman–Crippen MR) is 83.9 cm³/mol. The molecule has 10 heteroatoms. The lowest BCUT2D eigenvalue weighted by atomic mass is 9.97. The van der Waals surface area contributed by atoms with Gasteiger partial charge in [0.25, 0.3) is 0 Å². The summed E-state index contributed by atoms with van der Waals surface area (Å²) in [4.78, 5) is -0.863. The van der Waals surface area contributed by atoms with E-state index in [0.29, 0.717) is 12.1 Å². The van der Waals surface area contributed by atoms with Crippen LogP contribution in [0.4, 0.5) is 30.7 Å². The van der Waals surface area contributed by atoms with Crippen LogP contribution >= 0.6 is 0 Å². The zero-order chi connectivity index (χ0) is 20.6. The SMILES string of the molecule is C=C(c1ccc(C(C(F)(F)F)C(F)(F)F)cc1)S(=O)(=O)c1ccc(F)cc1. The molecular weight excluding hydrogens is 401 g/mol. The van der Waals surface area contributed by atoms with E-state index in [1.807, 2.05) is 0 Å². The molecule has 2 aromatic rings. The summed E-state index contributed by atoms with van der Waals surface area (Å²) in [7, 11) is -4.20. The summed E-state index contributed by atoms with van der Waals surface area (Å²) in [6, 6.07) is 6.42. The molecular formula is C17H11F7O2S. The van der Waals surface area contributed by atoms with Gasteiger partial charge in [-0.15, -0.1) is 0 Å². The van der Waals surface area contributed by atoms with E-state index < -0.39 is 44.4 Å². The fourth-order valence-corrected chi connectivity index (χ4v) is 3.56. The van der Waals surface area contributed by atoms with Crippen LogP contribution in [0.5, 0.6) is 0 Å². The van der Waals surface area contributed by atoms with Gasteiger partial charge in [-0.25, -0.2) is 12.8 Å². The Hall–Kier alpha value is -2.36. The molecule has 0 spiro atoms. The average molecular weight is 412 g/mol. The van der Waals surface area contributed by atoms with Crippen LogP contribution in [0.15, 0.2) is 60.0 Å². The second-order valence-corrected chi connectivity index (χ2v) is 7.49. The van der Waals surface area contributed by atoms with Gasteiger partial charge in [0, 0.05) is 0 Å². The summed E-state index contributed by atoms with van der Waals surface area (Å²) in [5, 5.41) is 0. The van der Waals surface area contributed by atoms with Gasteiger partial charge in [0.2, 0.25) is 9.84 Å². The Bertz CT molecular complexity index is 911. The Morgan fingerprint density at radius 1 is 0.815 bits per heavy atom. The van der Waals surface area contributed by atoms with Crippen LogP contribution in [0, 0.1) is 5.82 Å². The smallest absolute Gasteiger partial charge is 0.219 e. The summed E-state index contributed by atoms with van der Waals surface area (Å²) in [6.07, 6.45) is -11.1. The van der Waals surface area contributed by atoms with Crippen LogP contribution in [-0.2, 0) is 9.84 Å². The summed E-state index contributed by atoms with van der Waals surface area (Å²) in [5.41, 5.74) is -1.27. The first-order valence-corrected chi connectivity index (χ1v) is 8.66. The molecule has 0 fully saturated rings. The van der Waals surface area contributed by atoms with E-state index in [1.54, 1.807) is 0 Å². The third-order valence-corrected chi connectivity index (χ3v) is 5.45. The Balaban J connectivity index is 2.39. The molecule has 0 amide bonds. The molecule has 0 heterocycles. The van der Waals surface area contributed by atoms with E-state index in [4.69, 9.17) is 0 Å². The fraction of sp³-hybridized carbons (Fsp3) is 0.176. The highest BCUT2D eigenvalue weighted by Gasteiger charge is 2.57. The Kier molecular flexibility index (Phi) is 5.42. The minimum atomic E-state index is -5.56. The van der Waals surface area contributed by atoms with Crippen molar-refractivity contribution in [3.8, 4) is 0 Å². The summed E-state index contributed by atoms with van der Waals surface area (Å²) >= 11 is 0. The molecule has 0 saturated heterocycles. The maximum Gasteiger partial charge on any atom is 0.404 e. The molecule has 0 aliphatic rings. The molecule has 2 aromatic carbocycles. The van der Waals surface area contributed by atoms with Crippen LogP contribution < -0.4 is 0 Å². The number of alkyl halides is 6. The van der Waals surface area contributed by atoms with Crippen molar-refractivity contribution in [3.05, 3.63) is 72.1 Å². The van der Waals surface area contributed by atoms with E-state index in [9.17, 15) is 39.2 Å². The zero-order valence-electron chi connectivity index (χ0n) is 13.3. The van der Waals surface area contributed by atoms with Crippen molar-refractivity contribution in [2.75, 3.05) is 0 Å². The van der Waals surface area contributed by atoms with Crippen molar-refractivity contribution >= 4 is 14.7 Å². The molecule has 0 saturated carbocycles. The number of halogens is 7. The molecule has 0 atom stereocenters. The van der Waals surface area contributed by atoms with Crippen molar-refractivity contribution in [3.63, 3.8) is 0 Å². The lowest BCUT2D eigenvalue weighted by Gasteiger charge is -2.23. The molecule has 2 rings (SSSR count). The van der Waals surface area contributed by atoms with Gasteiger partial charge in [-0.3, -0.25) is 0 Å². The number of sulfone groups is 1. The Morgan fingerprint density at radius 2 is 1.26 bits per heavy atom. The molecule has 27 heavy (non-hydrogen) atoms. The third-order valence-electron chi connectivity index (χ3n) is 3.67. The first-order chi connectivity index (χ1) is 12.2. The second-order valence-electron chi connectivity index (χ2n) is 5.52. The van der Waals surface area contributed by atoms with Crippen LogP contribution in [0.3, 0.4) is 0 Å². The molecule has 146 valence electrons. The topological polar surface area (TPSA) is 34.1 Å². The number of benzene rings is 2. The van der Waals surface area contributed by atoms with Crippen molar-refractivity contribution in [1.82, 2.24) is 0 Å². The van der Waals surface area contributed by atoms with Gasteiger partial charge >= 0.3 is 12.4 Å². The lowest BCUT2D eigenvalue weighted by Crippen LogP contribution is -2.34. The summed E-state index contributed by atoms with van der Waals surface area (Å²) < 4.78 is 114. The van der Waals surface area contributed by atoms with E-state index in [0.717, 1.165) is 36.4 Å². The van der Waals surface area contributed by atoms with E-state index in [1.165, 1.54) is 0 Å². The number of hydrogen-bond acceptors (Lipinski definition) is 2. The van der Waals surface area contributed by atoms with Crippen LogP contribution in [0.2, 0.25) is 0 Å². The molecule has 0 aliphatic carbocycles. The highest BCUT2D eigenvalue weighted by Crippen LogP contribution is 2.46. The number of rotatable bonds is 4. The first-order valence-electron chi connectivity index (χ1n) is 7.18. The van der Waals surface area contributed by atoms with Gasteiger partial charge in [-0.2, -0.15) is 26.3 Å². The van der Waals surface area contributed by atoms with E-state index >= 15 is 0 Å². The zero-order valence-corrected chi connectivity index (χ0v) is 14.1. The molecule has 0 aliphatic heterocycles. The fourth-order valence-electron chi connectivity index (χ4n) is 2.34. The largest absolute Gasteiger partial charge is 0.404 e. The third kappa shape index (κ3) is 4.49. The van der Waals surface area contributed by atoms with Gasteiger partial charge in [0.1, 0.15) is 5.82 Å². The van der Waals surface area contributed by atoms with Crippen LogP contribution in [-0.4, -0.2) is 20.8 Å². The normalized spacial score (nSPS) is 13.0. The monoisotopic (exact) mass is 412 g/mol. The van der Waals surface area contributed by atoms with E-state index in [2.05, 4.69) is 6.58 Å². The van der Waals surface area contributed by atoms with Crippen molar-refractivity contribution < 1.29 is 39.2 Å². The molecule has 0 unspecified atom stereocenters. The second kappa shape index (κ2) is 6.99. The van der Waals surface area contributed by atoms with Gasteiger partial charge in [-0.05, 0) is 35.4 Å². The molecule has 0 radical (unpaired) electrons. The predicted octanol–water partition coefficient (Wildman–Crippen LogP) is 5.48. The first kappa shape index (κ1) is 20.9. The van der Waals surface area contributed by atoms with Crippen LogP contribution in [0.25, 0.3) is 4.91 Å². The number of hydrogen-bond donors (Lipinski definition) is 0. The minimum Gasteiger partial charge on any atom is -0.219 e. The lowest BCUT2D eigenvalue weighted by molar-refractivity contribution is -0.253. The highest BCUT2D eigenvalue weighted by atomic mass is 32.2. The standard InChI is InChI=1S/C17H11F7O2S/c1-10(27(25,26)14-8-6-13(18)7-9-14)11-2-4-12(5-3-11)15(16(19,20)21)17(22,23)24/h2-9,15H,1H2. The molecule has 2 nitrogen and oxygen atoms in total. The highest BCUT2D eigenvalue weighted by molar-refractivity contribution is 8.00. The van der Waals surface area contributed by atoms with Gasteiger partial charge in [0.15, 0.2) is 5.92 Å². The van der Waals surface area contributed by atoms with Crippen molar-refractivity contribution in [2.45, 2.75) is 23.2 Å². The van der Waals surface area contributed by atoms with E-state index in [-0.39, 0.29) is 10.5 Å². The Morgan fingerprint density at radius 3 is 1.67 bits per heavy atom. The molecule has 0 aromatic heterocycles. The van der Waals surface area contributed by atoms with Crippen LogP contribution in [0.1, 0.15) is 17.0 Å². The quantitative estimate of drug-likeness (QED) is 0.492. The Labute approximate surface area is 149 Å². The maximum atomic E-state index is 12.9.